The Morgan fingerprint density at radius 3 is 2.41 bits per heavy atom. The Balaban J connectivity index is 1.94. The van der Waals surface area contributed by atoms with Crippen molar-refractivity contribution in [3.05, 3.63) is 0 Å². The molecule has 0 heterocycles. The third-order valence-corrected chi connectivity index (χ3v) is 4.83. The Labute approximate surface area is 106 Å². The van der Waals surface area contributed by atoms with Crippen LogP contribution in [0.15, 0.2) is 0 Å². The van der Waals surface area contributed by atoms with Gasteiger partial charge in [0.25, 0.3) is 0 Å². The summed E-state index contributed by atoms with van der Waals surface area (Å²) in [5.74, 6) is 2.52. The van der Waals surface area contributed by atoms with E-state index in [4.69, 9.17) is 0 Å². The van der Waals surface area contributed by atoms with E-state index in [0.29, 0.717) is 6.04 Å². The van der Waals surface area contributed by atoms with Crippen LogP contribution in [0.25, 0.3) is 0 Å². The average Bonchev–Trinajstić information content (AvgIpc) is 3.10. The van der Waals surface area contributed by atoms with Crippen molar-refractivity contribution in [1.82, 2.24) is 4.90 Å². The average molecular weight is 239 g/mol. The molecule has 2 fully saturated rings. The van der Waals surface area contributed by atoms with Gasteiger partial charge < -0.3 is 5.11 Å². The fraction of sp³-hybridized carbons (Fsp3) is 1.00. The summed E-state index contributed by atoms with van der Waals surface area (Å²) in [6.45, 7) is 9.23. The minimum absolute atomic E-state index is 0.0799. The van der Waals surface area contributed by atoms with Gasteiger partial charge in [0.2, 0.25) is 0 Å². The number of aliphatic hydroxyl groups excluding tert-OH is 1. The standard InChI is InChI=1S/C15H29NO/c1-4-16(10-12-5-6-12)14-9-13(11(2)3)7-8-15(14)17/h11-15,17H,4-10H2,1-3H3. The summed E-state index contributed by atoms with van der Waals surface area (Å²) in [5, 5.41) is 10.3. The Hall–Kier alpha value is -0.0800. The number of hydrogen-bond donors (Lipinski definition) is 1. The molecule has 3 atom stereocenters. The van der Waals surface area contributed by atoms with E-state index in [2.05, 4.69) is 25.7 Å². The summed E-state index contributed by atoms with van der Waals surface area (Å²) in [6, 6.07) is 0.432. The first-order valence-corrected chi connectivity index (χ1v) is 7.54. The maximum Gasteiger partial charge on any atom is 0.0695 e. The molecule has 0 radical (unpaired) electrons. The summed E-state index contributed by atoms with van der Waals surface area (Å²) in [7, 11) is 0. The van der Waals surface area contributed by atoms with Gasteiger partial charge in [0, 0.05) is 12.6 Å². The highest BCUT2D eigenvalue weighted by molar-refractivity contribution is 4.89. The summed E-state index contributed by atoms with van der Waals surface area (Å²) >= 11 is 0. The van der Waals surface area contributed by atoms with Gasteiger partial charge in [-0.3, -0.25) is 4.90 Å². The Morgan fingerprint density at radius 2 is 1.88 bits per heavy atom. The molecule has 17 heavy (non-hydrogen) atoms. The van der Waals surface area contributed by atoms with Gasteiger partial charge >= 0.3 is 0 Å². The predicted octanol–water partition coefficient (Wildman–Crippen LogP) is 2.90. The monoisotopic (exact) mass is 239 g/mol. The molecule has 2 aliphatic carbocycles. The van der Waals surface area contributed by atoms with Crippen LogP contribution in [-0.2, 0) is 0 Å². The van der Waals surface area contributed by atoms with Gasteiger partial charge in [-0.15, -0.1) is 0 Å². The number of aliphatic hydroxyl groups is 1. The van der Waals surface area contributed by atoms with Gasteiger partial charge in [0.1, 0.15) is 0 Å². The van der Waals surface area contributed by atoms with E-state index in [9.17, 15) is 5.11 Å². The SMILES string of the molecule is CCN(CC1CC1)C1CC(C(C)C)CCC1O. The molecule has 0 bridgehead atoms. The molecule has 100 valence electrons. The molecule has 0 aromatic carbocycles. The second-order valence-corrected chi connectivity index (χ2v) is 6.48. The van der Waals surface area contributed by atoms with Crippen molar-refractivity contribution >= 4 is 0 Å². The van der Waals surface area contributed by atoms with Crippen LogP contribution in [0.4, 0.5) is 0 Å². The van der Waals surface area contributed by atoms with Crippen LogP contribution in [-0.4, -0.2) is 35.2 Å². The highest BCUT2D eigenvalue weighted by Crippen LogP contribution is 2.35. The molecule has 2 aliphatic rings. The summed E-state index contributed by atoms with van der Waals surface area (Å²) in [4.78, 5) is 2.55. The smallest absolute Gasteiger partial charge is 0.0695 e. The van der Waals surface area contributed by atoms with E-state index in [1.165, 1.54) is 32.2 Å². The van der Waals surface area contributed by atoms with E-state index in [1.807, 2.05) is 0 Å². The van der Waals surface area contributed by atoms with Crippen molar-refractivity contribution in [2.24, 2.45) is 17.8 Å². The van der Waals surface area contributed by atoms with Crippen molar-refractivity contribution in [3.8, 4) is 0 Å². The first-order chi connectivity index (χ1) is 8.11. The lowest BCUT2D eigenvalue weighted by Crippen LogP contribution is -2.48. The highest BCUT2D eigenvalue weighted by Gasteiger charge is 2.35. The lowest BCUT2D eigenvalue weighted by Gasteiger charge is -2.41. The predicted molar refractivity (Wildman–Crippen MR) is 71.9 cm³/mol. The molecule has 2 rings (SSSR count). The van der Waals surface area contributed by atoms with Crippen LogP contribution in [0.1, 0.15) is 52.9 Å². The van der Waals surface area contributed by atoms with Crippen molar-refractivity contribution in [2.75, 3.05) is 13.1 Å². The number of hydrogen-bond acceptors (Lipinski definition) is 2. The third kappa shape index (κ3) is 3.45. The topological polar surface area (TPSA) is 23.5 Å². The highest BCUT2D eigenvalue weighted by atomic mass is 16.3. The second kappa shape index (κ2) is 5.71. The maximum absolute atomic E-state index is 10.3. The molecule has 0 amide bonds. The number of likely N-dealkylation sites (N-methyl/N-ethyl adjacent to an activating group) is 1. The zero-order chi connectivity index (χ0) is 12.4. The summed E-state index contributed by atoms with van der Waals surface area (Å²) in [5.41, 5.74) is 0. The fourth-order valence-corrected chi connectivity index (χ4v) is 3.29. The Morgan fingerprint density at radius 1 is 1.18 bits per heavy atom. The van der Waals surface area contributed by atoms with Crippen molar-refractivity contribution in [2.45, 2.75) is 65.0 Å². The molecule has 2 saturated carbocycles. The molecule has 0 spiro atoms. The third-order valence-electron chi connectivity index (χ3n) is 4.83. The Bertz CT molecular complexity index is 237. The van der Waals surface area contributed by atoms with E-state index < -0.39 is 0 Å². The van der Waals surface area contributed by atoms with Gasteiger partial charge in [0.15, 0.2) is 0 Å². The molecule has 0 saturated heterocycles. The first-order valence-electron chi connectivity index (χ1n) is 7.54. The molecule has 2 nitrogen and oxygen atoms in total. The minimum Gasteiger partial charge on any atom is -0.391 e. The van der Waals surface area contributed by atoms with E-state index in [-0.39, 0.29) is 6.10 Å². The quantitative estimate of drug-likeness (QED) is 0.797. The summed E-state index contributed by atoms with van der Waals surface area (Å²) < 4.78 is 0. The minimum atomic E-state index is -0.0799. The summed E-state index contributed by atoms with van der Waals surface area (Å²) in [6.07, 6.45) is 6.17. The van der Waals surface area contributed by atoms with Crippen LogP contribution in [0.5, 0.6) is 0 Å². The van der Waals surface area contributed by atoms with E-state index >= 15 is 0 Å². The van der Waals surface area contributed by atoms with Gasteiger partial charge in [-0.05, 0) is 56.4 Å². The number of rotatable bonds is 5. The molecule has 0 aromatic rings. The van der Waals surface area contributed by atoms with Crippen molar-refractivity contribution < 1.29 is 5.11 Å². The van der Waals surface area contributed by atoms with Crippen LogP contribution in [0.2, 0.25) is 0 Å². The lowest BCUT2D eigenvalue weighted by molar-refractivity contribution is -0.00427. The van der Waals surface area contributed by atoms with Crippen LogP contribution in [0.3, 0.4) is 0 Å². The molecular weight excluding hydrogens is 210 g/mol. The zero-order valence-electron chi connectivity index (χ0n) is 11.7. The van der Waals surface area contributed by atoms with Gasteiger partial charge in [-0.2, -0.15) is 0 Å². The molecule has 3 unspecified atom stereocenters. The van der Waals surface area contributed by atoms with Crippen LogP contribution in [0, 0.1) is 17.8 Å². The molecule has 2 heteroatoms. The molecular formula is C15H29NO. The molecule has 1 N–H and O–H groups in total. The van der Waals surface area contributed by atoms with Gasteiger partial charge in [0.05, 0.1) is 6.10 Å². The number of nitrogens with zero attached hydrogens (tertiary/aromatic N) is 1. The van der Waals surface area contributed by atoms with Gasteiger partial charge in [-0.1, -0.05) is 20.8 Å². The van der Waals surface area contributed by atoms with Crippen LogP contribution >= 0.6 is 0 Å². The van der Waals surface area contributed by atoms with Crippen LogP contribution < -0.4 is 0 Å². The molecule has 0 aliphatic heterocycles. The van der Waals surface area contributed by atoms with Crippen molar-refractivity contribution in [1.29, 1.82) is 0 Å². The maximum atomic E-state index is 10.3. The second-order valence-electron chi connectivity index (χ2n) is 6.48. The van der Waals surface area contributed by atoms with E-state index in [1.54, 1.807) is 0 Å². The largest absolute Gasteiger partial charge is 0.391 e. The lowest BCUT2D eigenvalue weighted by atomic mass is 9.77. The zero-order valence-corrected chi connectivity index (χ0v) is 11.7. The molecule has 0 aromatic heterocycles. The van der Waals surface area contributed by atoms with Crippen molar-refractivity contribution in [3.63, 3.8) is 0 Å². The normalized spacial score (nSPS) is 34.6. The first kappa shape index (κ1) is 13.4. The Kier molecular flexibility index (Phi) is 4.48. The van der Waals surface area contributed by atoms with E-state index in [0.717, 1.165) is 30.7 Å². The van der Waals surface area contributed by atoms with Gasteiger partial charge in [-0.25, -0.2) is 0 Å². The fourth-order valence-electron chi connectivity index (χ4n) is 3.29.